The molecule has 2 aromatic heterocycles. The molecule has 0 aliphatic carbocycles. The summed E-state index contributed by atoms with van der Waals surface area (Å²) in [6, 6.07) is 16.7. The second-order valence-electron chi connectivity index (χ2n) is 7.80. The van der Waals surface area contributed by atoms with Crippen molar-refractivity contribution in [3.8, 4) is 5.75 Å². The molecular formula is C25H25N3O5S2. The lowest BCUT2D eigenvalue weighted by Crippen LogP contribution is -2.42. The number of methoxy groups -OCH3 is 1. The number of amides is 1. The second kappa shape index (κ2) is 10.4. The largest absolute Gasteiger partial charge is 0.496 e. The van der Waals surface area contributed by atoms with Gasteiger partial charge in [0.1, 0.15) is 11.8 Å². The lowest BCUT2D eigenvalue weighted by atomic mass is 10.1. The van der Waals surface area contributed by atoms with Crippen LogP contribution in [0.15, 0.2) is 81.8 Å². The minimum Gasteiger partial charge on any atom is -0.496 e. The van der Waals surface area contributed by atoms with E-state index in [1.54, 1.807) is 35.2 Å². The number of carbonyl (C=O) groups is 1. The Morgan fingerprint density at radius 2 is 1.91 bits per heavy atom. The van der Waals surface area contributed by atoms with E-state index in [1.165, 1.54) is 42.7 Å². The van der Waals surface area contributed by atoms with E-state index >= 15 is 0 Å². The van der Waals surface area contributed by atoms with Gasteiger partial charge in [-0.1, -0.05) is 24.3 Å². The maximum absolute atomic E-state index is 13.7. The van der Waals surface area contributed by atoms with Crippen molar-refractivity contribution in [2.75, 3.05) is 13.7 Å². The van der Waals surface area contributed by atoms with Crippen LogP contribution in [-0.4, -0.2) is 37.9 Å². The second-order valence-corrected chi connectivity index (χ2v) is 10.5. The lowest BCUT2D eigenvalue weighted by molar-refractivity contribution is -0.133. The van der Waals surface area contributed by atoms with Crippen LogP contribution in [0.4, 0.5) is 0 Å². The number of sulfonamides is 1. The molecule has 4 aromatic rings. The van der Waals surface area contributed by atoms with E-state index in [0.29, 0.717) is 35.3 Å². The van der Waals surface area contributed by atoms with Gasteiger partial charge in [-0.05, 0) is 54.1 Å². The number of benzene rings is 2. The van der Waals surface area contributed by atoms with Gasteiger partial charge < -0.3 is 14.6 Å². The summed E-state index contributed by atoms with van der Waals surface area (Å²) in [5.74, 6) is 0.0101. The van der Waals surface area contributed by atoms with Gasteiger partial charge >= 0.3 is 0 Å². The summed E-state index contributed by atoms with van der Waals surface area (Å²) >= 11 is 1.53. The fourth-order valence-corrected chi connectivity index (χ4v) is 5.72. The molecule has 2 heterocycles. The van der Waals surface area contributed by atoms with Gasteiger partial charge in [-0.15, -0.1) is 11.3 Å². The normalized spacial score (nSPS) is 12.4. The Bertz CT molecular complexity index is 1500. The molecule has 0 aliphatic heterocycles. The zero-order chi connectivity index (χ0) is 25.0. The van der Waals surface area contributed by atoms with Crippen LogP contribution in [0.3, 0.4) is 0 Å². The average Bonchev–Trinajstić information content (AvgIpc) is 3.38. The maximum atomic E-state index is 13.7. The topological polar surface area (TPSA) is 109 Å². The molecule has 4 rings (SSSR count). The Kier molecular flexibility index (Phi) is 7.34. The van der Waals surface area contributed by atoms with Crippen LogP contribution < -0.4 is 15.0 Å². The van der Waals surface area contributed by atoms with E-state index in [2.05, 4.69) is 9.71 Å². The predicted octanol–water partition coefficient (Wildman–Crippen LogP) is 3.67. The van der Waals surface area contributed by atoms with Crippen LogP contribution in [0.5, 0.6) is 5.75 Å². The van der Waals surface area contributed by atoms with Gasteiger partial charge in [0.25, 0.3) is 0 Å². The van der Waals surface area contributed by atoms with Crippen molar-refractivity contribution < 1.29 is 17.9 Å². The molecule has 0 fully saturated rings. The van der Waals surface area contributed by atoms with Crippen molar-refractivity contribution in [1.29, 1.82) is 0 Å². The highest BCUT2D eigenvalue weighted by molar-refractivity contribution is 7.89. The number of para-hydroxylation sites is 1. The summed E-state index contributed by atoms with van der Waals surface area (Å²) in [5, 5.41) is 2.49. The number of carbonyl (C=O) groups excluding carboxylic acids is 1. The van der Waals surface area contributed by atoms with E-state index in [1.807, 2.05) is 24.4 Å². The van der Waals surface area contributed by atoms with Gasteiger partial charge in [-0.25, -0.2) is 8.42 Å². The fraction of sp³-hybridized carbons (Fsp3) is 0.200. The molecule has 0 spiro atoms. The number of rotatable bonds is 9. The van der Waals surface area contributed by atoms with Crippen LogP contribution in [0.25, 0.3) is 10.9 Å². The zero-order valence-electron chi connectivity index (χ0n) is 19.2. The number of fused-ring (bicyclic) bond motifs is 1. The Labute approximate surface area is 207 Å². The van der Waals surface area contributed by atoms with E-state index in [9.17, 15) is 18.0 Å². The molecule has 1 amide bonds. The minimum atomic E-state index is -4.13. The first kappa shape index (κ1) is 24.6. The number of aromatic nitrogens is 1. The molecule has 2 N–H and O–H groups in total. The summed E-state index contributed by atoms with van der Waals surface area (Å²) in [7, 11) is -2.65. The van der Waals surface area contributed by atoms with E-state index in [0.717, 1.165) is 4.88 Å². The molecular weight excluding hydrogens is 486 g/mol. The molecule has 35 heavy (non-hydrogen) atoms. The first-order valence-electron chi connectivity index (χ1n) is 10.9. The molecule has 0 aliphatic rings. The van der Waals surface area contributed by atoms with Gasteiger partial charge in [0, 0.05) is 28.6 Å². The number of hydrogen-bond acceptors (Lipinski definition) is 6. The zero-order valence-corrected chi connectivity index (χ0v) is 20.9. The molecule has 0 saturated heterocycles. The number of likely N-dealkylation sites (N-methyl/N-ethyl adjacent to an activating group) is 1. The molecule has 182 valence electrons. The van der Waals surface area contributed by atoms with Gasteiger partial charge in [0.2, 0.25) is 21.5 Å². The summed E-state index contributed by atoms with van der Waals surface area (Å²) < 4.78 is 35.0. The molecule has 0 saturated carbocycles. The number of H-pyrrole nitrogens is 1. The highest BCUT2D eigenvalue weighted by Gasteiger charge is 2.32. The first-order valence-corrected chi connectivity index (χ1v) is 13.3. The summed E-state index contributed by atoms with van der Waals surface area (Å²) in [6.45, 7) is 2.61. The molecule has 0 radical (unpaired) electrons. The molecule has 10 heteroatoms. The smallest absolute Gasteiger partial charge is 0.248 e. The van der Waals surface area contributed by atoms with Gasteiger partial charge in [-0.2, -0.15) is 4.72 Å². The quantitative estimate of drug-likeness (QED) is 0.357. The summed E-state index contributed by atoms with van der Waals surface area (Å²) in [4.78, 5) is 30.5. The number of nitrogens with zero attached hydrogens (tertiary/aromatic N) is 1. The van der Waals surface area contributed by atoms with E-state index in [-0.39, 0.29) is 16.4 Å². The van der Waals surface area contributed by atoms with E-state index < -0.39 is 16.1 Å². The maximum Gasteiger partial charge on any atom is 0.248 e. The van der Waals surface area contributed by atoms with E-state index in [4.69, 9.17) is 4.74 Å². The van der Waals surface area contributed by atoms with Crippen molar-refractivity contribution in [2.24, 2.45) is 0 Å². The third-order valence-electron chi connectivity index (χ3n) is 5.60. The first-order chi connectivity index (χ1) is 16.8. The standard InChI is InChI=1S/C25H25N3O5S2/c1-3-28(16-18-7-6-14-34-18)25(30)24(20-8-4-5-9-22(20)33-2)27-35(31,32)19-11-12-21-17(15-19)10-13-23(29)26-21/h4-15,24,27H,3,16H2,1-2H3,(H,26,29)/t24-/m1/s1. The fourth-order valence-electron chi connectivity index (χ4n) is 3.79. The van der Waals surface area contributed by atoms with Gasteiger partial charge in [0.15, 0.2) is 0 Å². The van der Waals surface area contributed by atoms with Crippen molar-refractivity contribution in [3.63, 3.8) is 0 Å². The third kappa shape index (κ3) is 5.45. The highest BCUT2D eigenvalue weighted by Crippen LogP contribution is 2.29. The third-order valence-corrected chi connectivity index (χ3v) is 7.88. The van der Waals surface area contributed by atoms with Crippen molar-refractivity contribution >= 4 is 38.2 Å². The Morgan fingerprint density at radius 3 is 2.63 bits per heavy atom. The van der Waals surface area contributed by atoms with Crippen molar-refractivity contribution in [2.45, 2.75) is 24.4 Å². The van der Waals surface area contributed by atoms with Gasteiger partial charge in [-0.3, -0.25) is 9.59 Å². The van der Waals surface area contributed by atoms with Crippen molar-refractivity contribution in [1.82, 2.24) is 14.6 Å². The number of hydrogen-bond donors (Lipinski definition) is 2. The SMILES string of the molecule is CCN(Cc1cccs1)C(=O)[C@H](NS(=O)(=O)c1ccc2[nH]c(=O)ccc2c1)c1ccccc1OC. The highest BCUT2D eigenvalue weighted by atomic mass is 32.2. The summed E-state index contributed by atoms with van der Waals surface area (Å²) in [5.41, 5.74) is 0.652. The van der Waals surface area contributed by atoms with Crippen LogP contribution in [0.2, 0.25) is 0 Å². The number of nitrogens with one attached hydrogen (secondary N) is 2. The lowest BCUT2D eigenvalue weighted by Gasteiger charge is -2.27. The number of aromatic amines is 1. The van der Waals surface area contributed by atoms with Gasteiger partial charge in [0.05, 0.1) is 18.6 Å². The Morgan fingerprint density at radius 1 is 1.11 bits per heavy atom. The minimum absolute atomic E-state index is 0.0222. The number of pyridine rings is 1. The van der Waals surface area contributed by atoms with Crippen LogP contribution in [0.1, 0.15) is 23.4 Å². The molecule has 0 bridgehead atoms. The monoisotopic (exact) mass is 511 g/mol. The molecule has 8 nitrogen and oxygen atoms in total. The average molecular weight is 512 g/mol. The Hall–Kier alpha value is -3.47. The van der Waals surface area contributed by atoms with Crippen molar-refractivity contribution in [3.05, 3.63) is 92.9 Å². The Balaban J connectivity index is 1.73. The number of thiophene rings is 1. The molecule has 2 aromatic carbocycles. The molecule has 0 unspecified atom stereocenters. The van der Waals surface area contributed by atoms with Crippen LogP contribution in [0, 0.1) is 0 Å². The molecule has 1 atom stereocenters. The predicted molar refractivity (Wildman–Crippen MR) is 136 cm³/mol. The van der Waals surface area contributed by atoms with Crippen LogP contribution >= 0.6 is 11.3 Å². The van der Waals surface area contributed by atoms with Crippen LogP contribution in [-0.2, 0) is 21.4 Å². The number of ether oxygens (including phenoxy) is 1. The summed E-state index contributed by atoms with van der Waals surface area (Å²) in [6.07, 6.45) is 0.